The summed E-state index contributed by atoms with van der Waals surface area (Å²) in [6.45, 7) is 6.25. The van der Waals surface area contributed by atoms with E-state index in [9.17, 15) is 10.5 Å². The highest BCUT2D eigenvalue weighted by Crippen LogP contribution is 2.35. The standard InChI is InChI=1S/C24H21N3O/c1-3-27(4-2)21-13-10-18(11-14-21)9-12-19-15-24(20(16-25)17-26)28-23-8-6-5-7-22(19)23/h5-15H,3-4H2,1-2H3/b12-9+. The van der Waals surface area contributed by atoms with Crippen molar-refractivity contribution in [3.8, 4) is 17.9 Å². The number of fused-ring (bicyclic) bond motifs is 1. The average Bonchev–Trinajstić information content (AvgIpc) is 2.74. The van der Waals surface area contributed by atoms with Gasteiger partial charge in [-0.1, -0.05) is 42.5 Å². The zero-order valence-electron chi connectivity index (χ0n) is 16.0. The summed E-state index contributed by atoms with van der Waals surface area (Å²) in [6.07, 6.45) is 5.75. The van der Waals surface area contributed by atoms with Gasteiger partial charge in [-0.3, -0.25) is 0 Å². The lowest BCUT2D eigenvalue weighted by Crippen LogP contribution is -2.21. The predicted molar refractivity (Wildman–Crippen MR) is 112 cm³/mol. The summed E-state index contributed by atoms with van der Waals surface area (Å²) in [5.74, 6) is 0.916. The van der Waals surface area contributed by atoms with Gasteiger partial charge in [-0.2, -0.15) is 10.5 Å². The first-order chi connectivity index (χ1) is 13.7. The fourth-order valence-corrected chi connectivity index (χ4v) is 3.13. The zero-order chi connectivity index (χ0) is 19.9. The van der Waals surface area contributed by atoms with Crippen molar-refractivity contribution in [3.05, 3.63) is 83.1 Å². The Labute approximate surface area is 165 Å². The van der Waals surface area contributed by atoms with Crippen LogP contribution in [0.25, 0.3) is 11.6 Å². The Morgan fingerprint density at radius 3 is 2.29 bits per heavy atom. The number of benzene rings is 2. The topological polar surface area (TPSA) is 60.0 Å². The van der Waals surface area contributed by atoms with Crippen molar-refractivity contribution in [1.82, 2.24) is 0 Å². The van der Waals surface area contributed by atoms with Crippen molar-refractivity contribution in [2.45, 2.75) is 13.8 Å². The molecule has 0 unspecified atom stereocenters. The largest absolute Gasteiger partial charge is 0.455 e. The lowest BCUT2D eigenvalue weighted by Gasteiger charge is -2.21. The number of hydrogen-bond acceptors (Lipinski definition) is 4. The number of nitriles is 2. The van der Waals surface area contributed by atoms with E-state index >= 15 is 0 Å². The second-order valence-corrected chi connectivity index (χ2v) is 6.26. The monoisotopic (exact) mass is 367 g/mol. The minimum Gasteiger partial charge on any atom is -0.455 e. The van der Waals surface area contributed by atoms with E-state index in [4.69, 9.17) is 4.74 Å². The molecule has 0 fully saturated rings. The molecular formula is C24H21N3O. The second kappa shape index (κ2) is 8.75. The van der Waals surface area contributed by atoms with Crippen molar-refractivity contribution in [1.29, 1.82) is 10.5 Å². The molecule has 0 atom stereocenters. The molecule has 0 N–H and O–H groups in total. The Bertz CT molecular complexity index is 1010. The second-order valence-electron chi connectivity index (χ2n) is 6.26. The van der Waals surface area contributed by atoms with Gasteiger partial charge in [-0.15, -0.1) is 0 Å². The normalized spacial score (nSPS) is 12.4. The van der Waals surface area contributed by atoms with E-state index in [1.165, 1.54) is 5.69 Å². The highest BCUT2D eigenvalue weighted by molar-refractivity contribution is 5.85. The van der Waals surface area contributed by atoms with Crippen LogP contribution in [0, 0.1) is 22.7 Å². The zero-order valence-corrected chi connectivity index (χ0v) is 16.0. The van der Waals surface area contributed by atoms with Gasteiger partial charge < -0.3 is 9.64 Å². The van der Waals surface area contributed by atoms with Crippen LogP contribution >= 0.6 is 0 Å². The SMILES string of the molecule is CCN(CC)c1ccc(/C=C/C2=CC(=C(C#N)C#N)Oc3ccccc32)cc1. The number of rotatable bonds is 5. The van der Waals surface area contributed by atoms with Crippen LogP contribution < -0.4 is 9.64 Å². The third-order valence-corrected chi connectivity index (χ3v) is 4.65. The quantitative estimate of drug-likeness (QED) is 0.671. The number of hydrogen-bond donors (Lipinski definition) is 0. The number of allylic oxidation sites excluding steroid dienone is 4. The number of anilines is 1. The molecule has 0 aliphatic carbocycles. The predicted octanol–water partition coefficient (Wildman–Crippen LogP) is 5.32. The van der Waals surface area contributed by atoms with E-state index in [1.54, 1.807) is 6.08 Å². The molecule has 2 aromatic carbocycles. The molecule has 4 nitrogen and oxygen atoms in total. The average molecular weight is 367 g/mol. The van der Waals surface area contributed by atoms with Gasteiger partial charge in [0.2, 0.25) is 0 Å². The molecule has 0 aromatic heterocycles. The molecule has 0 radical (unpaired) electrons. The summed E-state index contributed by atoms with van der Waals surface area (Å²) >= 11 is 0. The fourth-order valence-electron chi connectivity index (χ4n) is 3.13. The third-order valence-electron chi connectivity index (χ3n) is 4.65. The Balaban J connectivity index is 1.94. The van der Waals surface area contributed by atoms with Gasteiger partial charge >= 0.3 is 0 Å². The van der Waals surface area contributed by atoms with Crippen molar-refractivity contribution >= 4 is 17.3 Å². The van der Waals surface area contributed by atoms with Crippen LogP contribution in [0.2, 0.25) is 0 Å². The Morgan fingerprint density at radius 1 is 0.964 bits per heavy atom. The summed E-state index contributed by atoms with van der Waals surface area (Å²) in [7, 11) is 0. The summed E-state index contributed by atoms with van der Waals surface area (Å²) in [4.78, 5) is 2.30. The summed E-state index contributed by atoms with van der Waals surface area (Å²) < 4.78 is 5.74. The Kier molecular flexibility index (Phi) is 5.94. The maximum Gasteiger partial charge on any atom is 0.172 e. The molecule has 138 valence electrons. The van der Waals surface area contributed by atoms with Crippen molar-refractivity contribution in [2.75, 3.05) is 18.0 Å². The lowest BCUT2D eigenvalue weighted by molar-refractivity contribution is 0.436. The first-order valence-corrected chi connectivity index (χ1v) is 9.26. The van der Waals surface area contributed by atoms with Crippen molar-refractivity contribution in [3.63, 3.8) is 0 Å². The first-order valence-electron chi connectivity index (χ1n) is 9.26. The number of para-hydroxylation sites is 1. The van der Waals surface area contributed by atoms with Gasteiger partial charge in [0.25, 0.3) is 0 Å². The minimum atomic E-state index is -0.0380. The molecule has 0 saturated carbocycles. The van der Waals surface area contributed by atoms with E-state index in [-0.39, 0.29) is 11.3 Å². The highest BCUT2D eigenvalue weighted by atomic mass is 16.5. The molecule has 0 spiro atoms. The van der Waals surface area contributed by atoms with Crippen LogP contribution in [0.1, 0.15) is 25.0 Å². The van der Waals surface area contributed by atoms with Gasteiger partial charge in [0.15, 0.2) is 11.3 Å². The fraction of sp³-hybridized carbons (Fsp3) is 0.167. The van der Waals surface area contributed by atoms with E-state index in [0.717, 1.165) is 29.8 Å². The highest BCUT2D eigenvalue weighted by Gasteiger charge is 2.18. The van der Waals surface area contributed by atoms with Crippen LogP contribution in [0.15, 0.2) is 72.0 Å². The lowest BCUT2D eigenvalue weighted by atomic mass is 9.99. The van der Waals surface area contributed by atoms with E-state index < -0.39 is 0 Å². The summed E-state index contributed by atoms with van der Waals surface area (Å²) in [6, 6.07) is 19.8. The van der Waals surface area contributed by atoms with E-state index in [1.807, 2.05) is 48.6 Å². The Hall–Kier alpha value is -3.76. The van der Waals surface area contributed by atoms with Crippen LogP contribution in [0.5, 0.6) is 5.75 Å². The Morgan fingerprint density at radius 2 is 1.64 bits per heavy atom. The summed E-state index contributed by atoms with van der Waals surface area (Å²) in [5.41, 5.74) is 4.07. The van der Waals surface area contributed by atoms with Crippen molar-refractivity contribution in [2.24, 2.45) is 0 Å². The molecule has 1 aliphatic heterocycles. The molecule has 1 aliphatic rings. The maximum atomic E-state index is 9.17. The van der Waals surface area contributed by atoms with Crippen LogP contribution in [-0.4, -0.2) is 13.1 Å². The van der Waals surface area contributed by atoms with Crippen LogP contribution in [-0.2, 0) is 0 Å². The molecular weight excluding hydrogens is 346 g/mol. The van der Waals surface area contributed by atoms with Gasteiger partial charge in [0.1, 0.15) is 17.9 Å². The van der Waals surface area contributed by atoms with Gasteiger partial charge in [0, 0.05) is 24.3 Å². The summed E-state index contributed by atoms with van der Waals surface area (Å²) in [5, 5.41) is 18.3. The molecule has 1 heterocycles. The van der Waals surface area contributed by atoms with Crippen LogP contribution in [0.3, 0.4) is 0 Å². The molecule has 0 amide bonds. The van der Waals surface area contributed by atoms with Gasteiger partial charge in [0.05, 0.1) is 0 Å². The molecule has 2 aromatic rings. The van der Waals surface area contributed by atoms with Gasteiger partial charge in [-0.05, 0) is 49.3 Å². The molecule has 28 heavy (non-hydrogen) atoms. The first kappa shape index (κ1) is 19.0. The third kappa shape index (κ3) is 3.98. The van der Waals surface area contributed by atoms with E-state index in [0.29, 0.717) is 5.75 Å². The smallest absolute Gasteiger partial charge is 0.172 e. The van der Waals surface area contributed by atoms with Crippen LogP contribution in [0.4, 0.5) is 5.69 Å². The number of ether oxygens (including phenoxy) is 1. The number of nitrogens with zero attached hydrogens (tertiary/aromatic N) is 3. The molecule has 0 saturated heterocycles. The van der Waals surface area contributed by atoms with E-state index in [2.05, 4.69) is 43.0 Å². The molecule has 0 bridgehead atoms. The van der Waals surface area contributed by atoms with Crippen molar-refractivity contribution < 1.29 is 4.74 Å². The minimum absolute atomic E-state index is 0.0380. The van der Waals surface area contributed by atoms with Gasteiger partial charge in [-0.25, -0.2) is 0 Å². The molecule has 4 heteroatoms. The maximum absolute atomic E-state index is 9.17. The molecule has 3 rings (SSSR count).